The molecule has 0 atom stereocenters. The highest BCUT2D eigenvalue weighted by Crippen LogP contribution is 2.17. The molecule has 0 aliphatic carbocycles. The van der Waals surface area contributed by atoms with E-state index in [4.69, 9.17) is 4.74 Å². The smallest absolute Gasteiger partial charge is 0.269 e. The van der Waals surface area contributed by atoms with Crippen LogP contribution in [0.3, 0.4) is 0 Å². The van der Waals surface area contributed by atoms with Crippen LogP contribution < -0.4 is 10.1 Å². The Morgan fingerprint density at radius 2 is 1.82 bits per heavy atom. The van der Waals surface area contributed by atoms with Crippen LogP contribution in [0.25, 0.3) is 0 Å². The number of rotatable bonds is 6. The first-order valence-electron chi connectivity index (χ1n) is 6.49. The Morgan fingerprint density at radius 1 is 1.18 bits per heavy atom. The van der Waals surface area contributed by atoms with Gasteiger partial charge in [-0.2, -0.15) is 0 Å². The Kier molecular flexibility index (Phi) is 4.87. The number of hydrogen-bond acceptors (Lipinski definition) is 4. The minimum atomic E-state index is -0.510. The number of nitrogens with zero attached hydrogens (tertiary/aromatic N) is 1. The fourth-order valence-corrected chi connectivity index (χ4v) is 1.73. The molecule has 0 heterocycles. The number of ether oxygens (including phenoxy) is 1. The number of nitro groups is 1. The number of amides is 1. The van der Waals surface area contributed by atoms with E-state index < -0.39 is 4.92 Å². The lowest BCUT2D eigenvalue weighted by atomic mass is 10.2. The van der Waals surface area contributed by atoms with Crippen LogP contribution in [0.5, 0.6) is 5.75 Å². The molecule has 2 rings (SSSR count). The summed E-state index contributed by atoms with van der Waals surface area (Å²) in [7, 11) is 0. The van der Waals surface area contributed by atoms with Crippen molar-refractivity contribution in [1.29, 1.82) is 0 Å². The molecule has 6 nitrogen and oxygen atoms in total. The van der Waals surface area contributed by atoms with Crippen molar-refractivity contribution in [3.63, 3.8) is 0 Å². The van der Waals surface area contributed by atoms with Gasteiger partial charge in [-0.25, -0.2) is 0 Å². The van der Waals surface area contributed by atoms with E-state index in [0.29, 0.717) is 23.6 Å². The third-order valence-corrected chi connectivity index (χ3v) is 2.82. The van der Waals surface area contributed by atoms with Crippen LogP contribution in [-0.4, -0.2) is 17.4 Å². The number of anilines is 1. The van der Waals surface area contributed by atoms with Crippen molar-refractivity contribution in [2.24, 2.45) is 0 Å². The van der Waals surface area contributed by atoms with E-state index in [1.165, 1.54) is 24.3 Å². The van der Waals surface area contributed by atoms with E-state index in [0.717, 1.165) is 0 Å². The summed E-state index contributed by atoms with van der Waals surface area (Å²) < 4.78 is 5.34. The van der Waals surface area contributed by atoms with Crippen molar-refractivity contribution in [3.8, 4) is 5.75 Å². The summed E-state index contributed by atoms with van der Waals surface area (Å²) in [6.07, 6.45) is 1.64. The number of hydrogen-bond donors (Lipinski definition) is 1. The molecule has 2 aromatic carbocycles. The Balaban J connectivity index is 2.01. The Bertz CT molecular complexity index is 678. The van der Waals surface area contributed by atoms with E-state index in [9.17, 15) is 14.9 Å². The monoisotopic (exact) mass is 298 g/mol. The Morgan fingerprint density at radius 3 is 2.36 bits per heavy atom. The highest BCUT2D eigenvalue weighted by atomic mass is 16.6. The normalized spacial score (nSPS) is 9.82. The zero-order valence-electron chi connectivity index (χ0n) is 11.7. The molecule has 0 bridgehead atoms. The minimum Gasteiger partial charge on any atom is -0.490 e. The van der Waals surface area contributed by atoms with Crippen molar-refractivity contribution in [2.75, 3.05) is 11.9 Å². The zero-order chi connectivity index (χ0) is 15.9. The summed E-state index contributed by atoms with van der Waals surface area (Å²) in [4.78, 5) is 22.1. The molecule has 1 amide bonds. The van der Waals surface area contributed by atoms with Gasteiger partial charge in [-0.3, -0.25) is 14.9 Å². The highest BCUT2D eigenvalue weighted by Gasteiger charge is 2.09. The van der Waals surface area contributed by atoms with Gasteiger partial charge in [0, 0.05) is 23.4 Å². The first kappa shape index (κ1) is 15.2. The fraction of sp³-hybridized carbons (Fsp3) is 0.0625. The lowest BCUT2D eigenvalue weighted by Gasteiger charge is -2.07. The second-order valence-corrected chi connectivity index (χ2v) is 4.38. The molecule has 112 valence electrons. The van der Waals surface area contributed by atoms with Gasteiger partial charge in [-0.1, -0.05) is 12.7 Å². The number of carbonyl (C=O) groups excluding carboxylic acids is 1. The quantitative estimate of drug-likeness (QED) is 0.503. The van der Waals surface area contributed by atoms with Crippen molar-refractivity contribution in [3.05, 3.63) is 76.9 Å². The van der Waals surface area contributed by atoms with Gasteiger partial charge in [-0.05, 0) is 36.4 Å². The van der Waals surface area contributed by atoms with Gasteiger partial charge in [0.05, 0.1) is 4.92 Å². The summed E-state index contributed by atoms with van der Waals surface area (Å²) in [6, 6.07) is 12.3. The van der Waals surface area contributed by atoms with Crippen molar-refractivity contribution in [1.82, 2.24) is 0 Å². The summed E-state index contributed by atoms with van der Waals surface area (Å²) in [5.41, 5.74) is 0.896. The predicted molar refractivity (Wildman–Crippen MR) is 83.2 cm³/mol. The number of carbonyl (C=O) groups is 1. The predicted octanol–water partition coefficient (Wildman–Crippen LogP) is 3.41. The number of nitrogens with one attached hydrogen (secondary N) is 1. The second kappa shape index (κ2) is 7.03. The van der Waals surface area contributed by atoms with Gasteiger partial charge in [-0.15, -0.1) is 0 Å². The average molecular weight is 298 g/mol. The number of nitro benzene ring substituents is 1. The largest absolute Gasteiger partial charge is 0.490 e. The molecule has 0 saturated heterocycles. The highest BCUT2D eigenvalue weighted by molar-refractivity contribution is 6.04. The Hall–Kier alpha value is -3.15. The van der Waals surface area contributed by atoms with Crippen LogP contribution in [0, 0.1) is 10.1 Å². The van der Waals surface area contributed by atoms with Crippen molar-refractivity contribution >= 4 is 17.3 Å². The van der Waals surface area contributed by atoms with E-state index in [-0.39, 0.29) is 11.6 Å². The summed E-state index contributed by atoms with van der Waals surface area (Å²) in [5, 5.41) is 13.3. The molecule has 0 radical (unpaired) electrons. The molecule has 6 heteroatoms. The van der Waals surface area contributed by atoms with E-state index in [2.05, 4.69) is 11.9 Å². The van der Waals surface area contributed by atoms with Gasteiger partial charge >= 0.3 is 0 Å². The first-order chi connectivity index (χ1) is 10.6. The minimum absolute atomic E-state index is 0.0553. The van der Waals surface area contributed by atoms with Gasteiger partial charge in [0.15, 0.2) is 0 Å². The lowest BCUT2D eigenvalue weighted by Crippen LogP contribution is -2.11. The lowest BCUT2D eigenvalue weighted by molar-refractivity contribution is -0.384. The standard InChI is InChI=1S/C16H14N2O4/c1-2-11-22-15-9-5-13(6-10-15)17-16(19)12-3-7-14(8-4-12)18(20)21/h2-10H,1,11H2,(H,17,19). The van der Waals surface area contributed by atoms with Crippen molar-refractivity contribution in [2.45, 2.75) is 0 Å². The van der Waals surface area contributed by atoms with Crippen LogP contribution in [-0.2, 0) is 0 Å². The van der Waals surface area contributed by atoms with Crippen LogP contribution >= 0.6 is 0 Å². The zero-order valence-corrected chi connectivity index (χ0v) is 11.7. The van der Waals surface area contributed by atoms with Gasteiger partial charge in [0.2, 0.25) is 0 Å². The van der Waals surface area contributed by atoms with Crippen LogP contribution in [0.2, 0.25) is 0 Å². The van der Waals surface area contributed by atoms with Gasteiger partial charge in [0.25, 0.3) is 11.6 Å². The summed E-state index contributed by atoms with van der Waals surface area (Å²) in [5.74, 6) is 0.336. The molecular formula is C16H14N2O4. The van der Waals surface area contributed by atoms with Gasteiger partial charge < -0.3 is 10.1 Å². The maximum atomic E-state index is 12.0. The second-order valence-electron chi connectivity index (χ2n) is 4.38. The molecule has 1 N–H and O–H groups in total. The van der Waals surface area contributed by atoms with Crippen LogP contribution in [0.1, 0.15) is 10.4 Å². The molecule has 22 heavy (non-hydrogen) atoms. The van der Waals surface area contributed by atoms with E-state index >= 15 is 0 Å². The topological polar surface area (TPSA) is 81.5 Å². The maximum absolute atomic E-state index is 12.0. The molecule has 0 aliphatic rings. The molecule has 0 fully saturated rings. The van der Waals surface area contributed by atoms with E-state index in [1.54, 1.807) is 30.3 Å². The Labute approximate surface area is 127 Å². The van der Waals surface area contributed by atoms with Crippen molar-refractivity contribution < 1.29 is 14.5 Å². The molecule has 0 saturated carbocycles. The average Bonchev–Trinajstić information content (AvgIpc) is 2.54. The van der Waals surface area contributed by atoms with E-state index in [1.807, 2.05) is 0 Å². The summed E-state index contributed by atoms with van der Waals surface area (Å²) in [6.45, 7) is 3.97. The molecule has 2 aromatic rings. The van der Waals surface area contributed by atoms with Crippen LogP contribution in [0.4, 0.5) is 11.4 Å². The molecule has 0 aromatic heterocycles. The molecule has 0 unspecified atom stereocenters. The molecule has 0 aliphatic heterocycles. The van der Waals surface area contributed by atoms with Gasteiger partial charge in [0.1, 0.15) is 12.4 Å². The SMILES string of the molecule is C=CCOc1ccc(NC(=O)c2ccc([N+](=O)[O-])cc2)cc1. The third kappa shape index (κ3) is 3.92. The molecule has 0 spiro atoms. The fourth-order valence-electron chi connectivity index (χ4n) is 1.73. The maximum Gasteiger partial charge on any atom is 0.269 e. The third-order valence-electron chi connectivity index (χ3n) is 2.82. The number of benzene rings is 2. The van der Waals surface area contributed by atoms with Crippen LogP contribution in [0.15, 0.2) is 61.2 Å². The summed E-state index contributed by atoms with van der Waals surface area (Å²) >= 11 is 0. The molecular weight excluding hydrogens is 284 g/mol. The first-order valence-corrected chi connectivity index (χ1v) is 6.49. The number of non-ortho nitro benzene ring substituents is 1.